The minimum absolute atomic E-state index is 0.0617. The van der Waals surface area contributed by atoms with Crippen LogP contribution >= 0.6 is 0 Å². The first kappa shape index (κ1) is 15.5. The van der Waals surface area contributed by atoms with Gasteiger partial charge in [-0.2, -0.15) is 0 Å². The molecule has 1 aromatic rings. The number of benzene rings is 1. The Morgan fingerprint density at radius 3 is 2.40 bits per heavy atom. The lowest BCUT2D eigenvalue weighted by Crippen LogP contribution is -2.36. The van der Waals surface area contributed by atoms with Gasteiger partial charge in [0, 0.05) is 5.56 Å². The molecule has 0 spiro atoms. The fourth-order valence-corrected chi connectivity index (χ4v) is 3.71. The second-order valence-electron chi connectivity index (χ2n) is 6.31. The van der Waals surface area contributed by atoms with E-state index in [4.69, 9.17) is 5.84 Å². The quantitative estimate of drug-likeness (QED) is 0.641. The van der Waals surface area contributed by atoms with Crippen molar-refractivity contribution >= 4 is 0 Å². The van der Waals surface area contributed by atoms with E-state index in [1.165, 1.54) is 19.3 Å². The van der Waals surface area contributed by atoms with Crippen LogP contribution in [0.1, 0.15) is 61.8 Å². The fourth-order valence-electron chi connectivity index (χ4n) is 3.71. The lowest BCUT2D eigenvalue weighted by Gasteiger charge is -2.34. The first-order valence-electron chi connectivity index (χ1n) is 7.79. The summed E-state index contributed by atoms with van der Waals surface area (Å²) in [4.78, 5) is 0. The normalized spacial score (nSPS) is 24.6. The molecule has 0 aliphatic heterocycles. The molecule has 1 unspecified atom stereocenters. The average Bonchev–Trinajstić information content (AvgIpc) is 2.43. The van der Waals surface area contributed by atoms with Gasteiger partial charge in [-0.15, -0.1) is 0 Å². The lowest BCUT2D eigenvalue weighted by molar-refractivity contribution is 0.216. The summed E-state index contributed by atoms with van der Waals surface area (Å²) in [7, 11) is 0. The highest BCUT2D eigenvalue weighted by Crippen LogP contribution is 2.39. The fraction of sp³-hybridized carbons (Fsp3) is 0.647. The van der Waals surface area contributed by atoms with Crippen LogP contribution in [-0.2, 0) is 0 Å². The number of hydrazine groups is 1. The van der Waals surface area contributed by atoms with Crippen LogP contribution in [0, 0.1) is 31.5 Å². The first-order chi connectivity index (χ1) is 9.56. The number of hydrogen-bond donors (Lipinski definition) is 2. The molecule has 1 saturated carbocycles. The van der Waals surface area contributed by atoms with Gasteiger partial charge in [0.05, 0.1) is 6.04 Å². The zero-order chi connectivity index (χ0) is 14.7. The molecule has 1 aliphatic carbocycles. The smallest absolute Gasteiger partial charge is 0.128 e. The predicted octanol–water partition coefficient (Wildman–Crippen LogP) is 4.16. The van der Waals surface area contributed by atoms with E-state index in [0.717, 1.165) is 35.4 Å². The van der Waals surface area contributed by atoms with Crippen LogP contribution in [0.25, 0.3) is 0 Å². The van der Waals surface area contributed by atoms with Gasteiger partial charge < -0.3 is 0 Å². The Morgan fingerprint density at radius 2 is 1.90 bits per heavy atom. The van der Waals surface area contributed by atoms with Crippen molar-refractivity contribution in [3.05, 3.63) is 34.6 Å². The standard InChI is InChI=1S/C17H27FN2/c1-4-13-5-7-14(8-6-13)17(20-19)16-12(3)9-11(2)10-15(16)18/h9-10,13-14,17,20H,4-8,19H2,1-3H3. The molecule has 2 nitrogen and oxygen atoms in total. The summed E-state index contributed by atoms with van der Waals surface area (Å²) in [5, 5.41) is 0. The van der Waals surface area contributed by atoms with Gasteiger partial charge in [0.1, 0.15) is 5.82 Å². The van der Waals surface area contributed by atoms with E-state index < -0.39 is 0 Å². The van der Waals surface area contributed by atoms with E-state index in [2.05, 4.69) is 12.3 Å². The van der Waals surface area contributed by atoms with Crippen molar-refractivity contribution in [2.24, 2.45) is 17.7 Å². The van der Waals surface area contributed by atoms with Crippen LogP contribution in [0.4, 0.5) is 4.39 Å². The zero-order valence-corrected chi connectivity index (χ0v) is 12.9. The highest BCUT2D eigenvalue weighted by Gasteiger charge is 2.30. The van der Waals surface area contributed by atoms with Gasteiger partial charge >= 0.3 is 0 Å². The largest absolute Gasteiger partial charge is 0.271 e. The molecule has 3 heteroatoms. The molecular weight excluding hydrogens is 251 g/mol. The molecular formula is C17H27FN2. The third kappa shape index (κ3) is 3.21. The molecule has 1 atom stereocenters. The second-order valence-corrected chi connectivity index (χ2v) is 6.31. The Hall–Kier alpha value is -0.930. The maximum absolute atomic E-state index is 14.4. The van der Waals surface area contributed by atoms with E-state index in [0.29, 0.717) is 5.92 Å². The number of rotatable bonds is 4. The predicted molar refractivity (Wildman–Crippen MR) is 81.7 cm³/mol. The van der Waals surface area contributed by atoms with E-state index in [1.54, 1.807) is 6.07 Å². The third-order valence-corrected chi connectivity index (χ3v) is 4.91. The van der Waals surface area contributed by atoms with Crippen molar-refractivity contribution in [1.29, 1.82) is 0 Å². The van der Waals surface area contributed by atoms with Crippen molar-refractivity contribution in [3.8, 4) is 0 Å². The molecule has 2 rings (SSSR count). The number of hydrogen-bond acceptors (Lipinski definition) is 2. The molecule has 3 N–H and O–H groups in total. The molecule has 0 heterocycles. The van der Waals surface area contributed by atoms with Gasteiger partial charge in [0.15, 0.2) is 0 Å². The van der Waals surface area contributed by atoms with Gasteiger partial charge in [0.2, 0.25) is 0 Å². The maximum Gasteiger partial charge on any atom is 0.128 e. The second kappa shape index (κ2) is 6.68. The first-order valence-corrected chi connectivity index (χ1v) is 7.79. The SMILES string of the molecule is CCC1CCC(C(NN)c2c(C)cc(C)cc2F)CC1. The third-order valence-electron chi connectivity index (χ3n) is 4.91. The monoisotopic (exact) mass is 278 g/mol. The summed E-state index contributed by atoms with van der Waals surface area (Å²) in [6, 6.07) is 3.60. The number of halogens is 1. The van der Waals surface area contributed by atoms with Crippen LogP contribution in [-0.4, -0.2) is 0 Å². The van der Waals surface area contributed by atoms with Gasteiger partial charge in [0.25, 0.3) is 0 Å². The Bertz CT molecular complexity index is 427. The number of aryl methyl sites for hydroxylation is 2. The lowest BCUT2D eigenvalue weighted by atomic mass is 9.75. The summed E-state index contributed by atoms with van der Waals surface area (Å²) in [6.07, 6.45) is 6.02. The number of nitrogens with one attached hydrogen (secondary N) is 1. The van der Waals surface area contributed by atoms with E-state index in [-0.39, 0.29) is 11.9 Å². The summed E-state index contributed by atoms with van der Waals surface area (Å²) in [5.74, 6) is 6.92. The number of nitrogens with two attached hydrogens (primary N) is 1. The van der Waals surface area contributed by atoms with Crippen molar-refractivity contribution in [2.45, 2.75) is 58.9 Å². The zero-order valence-electron chi connectivity index (χ0n) is 12.9. The van der Waals surface area contributed by atoms with Crippen molar-refractivity contribution < 1.29 is 4.39 Å². The van der Waals surface area contributed by atoms with Gasteiger partial charge in [-0.1, -0.05) is 32.3 Å². The molecule has 112 valence electrons. The minimum atomic E-state index is -0.122. The van der Waals surface area contributed by atoms with E-state index >= 15 is 0 Å². The Morgan fingerprint density at radius 1 is 1.25 bits per heavy atom. The van der Waals surface area contributed by atoms with E-state index in [9.17, 15) is 4.39 Å². The highest BCUT2D eigenvalue weighted by molar-refractivity contribution is 5.34. The Balaban J connectivity index is 2.21. The van der Waals surface area contributed by atoms with Crippen LogP contribution in [0.15, 0.2) is 12.1 Å². The van der Waals surface area contributed by atoms with Crippen LogP contribution < -0.4 is 11.3 Å². The van der Waals surface area contributed by atoms with Gasteiger partial charge in [-0.25, -0.2) is 4.39 Å². The van der Waals surface area contributed by atoms with Gasteiger partial charge in [-0.3, -0.25) is 11.3 Å². The van der Waals surface area contributed by atoms with Crippen LogP contribution in [0.2, 0.25) is 0 Å². The topological polar surface area (TPSA) is 38.0 Å². The molecule has 0 saturated heterocycles. The van der Waals surface area contributed by atoms with E-state index in [1.807, 2.05) is 19.9 Å². The average molecular weight is 278 g/mol. The van der Waals surface area contributed by atoms with Crippen molar-refractivity contribution in [1.82, 2.24) is 5.43 Å². The van der Waals surface area contributed by atoms with Crippen LogP contribution in [0.5, 0.6) is 0 Å². The molecule has 0 bridgehead atoms. The van der Waals surface area contributed by atoms with Crippen molar-refractivity contribution in [2.75, 3.05) is 0 Å². The molecule has 0 aromatic heterocycles. The minimum Gasteiger partial charge on any atom is -0.271 e. The molecule has 0 amide bonds. The summed E-state index contributed by atoms with van der Waals surface area (Å²) < 4.78 is 14.4. The molecule has 1 fully saturated rings. The maximum atomic E-state index is 14.4. The van der Waals surface area contributed by atoms with Crippen molar-refractivity contribution in [3.63, 3.8) is 0 Å². The highest BCUT2D eigenvalue weighted by atomic mass is 19.1. The molecule has 0 radical (unpaired) electrons. The van der Waals surface area contributed by atoms with Gasteiger partial charge in [-0.05, 0) is 55.7 Å². The molecule has 1 aliphatic rings. The summed E-state index contributed by atoms with van der Waals surface area (Å²) in [6.45, 7) is 6.16. The molecule has 20 heavy (non-hydrogen) atoms. The molecule has 1 aromatic carbocycles. The Labute approximate surface area is 121 Å². The van der Waals surface area contributed by atoms with Crippen LogP contribution in [0.3, 0.4) is 0 Å². The summed E-state index contributed by atoms with van der Waals surface area (Å²) >= 11 is 0. The summed E-state index contributed by atoms with van der Waals surface area (Å²) in [5.41, 5.74) is 5.61. The Kier molecular flexibility index (Phi) is 5.17.